The second-order valence-corrected chi connectivity index (χ2v) is 8.39. The summed E-state index contributed by atoms with van der Waals surface area (Å²) < 4.78 is 39.3. The van der Waals surface area contributed by atoms with Crippen molar-refractivity contribution in [3.05, 3.63) is 53.7 Å². The second-order valence-electron chi connectivity index (χ2n) is 6.71. The highest BCUT2D eigenvalue weighted by molar-refractivity contribution is 7.89. The number of benzene rings is 2. The average molecular weight is 386 g/mol. The third-order valence-corrected chi connectivity index (χ3v) is 6.62. The van der Waals surface area contributed by atoms with Gasteiger partial charge in [0.1, 0.15) is 16.4 Å². The van der Waals surface area contributed by atoms with Crippen molar-refractivity contribution in [2.45, 2.75) is 30.2 Å². The Kier molecular flexibility index (Phi) is 4.57. The van der Waals surface area contributed by atoms with Crippen LogP contribution in [0.3, 0.4) is 0 Å². The van der Waals surface area contributed by atoms with Gasteiger partial charge in [-0.2, -0.15) is 0 Å². The number of para-hydroxylation sites is 1. The molecule has 0 saturated heterocycles. The van der Waals surface area contributed by atoms with E-state index in [9.17, 15) is 8.42 Å². The summed E-state index contributed by atoms with van der Waals surface area (Å²) in [5, 5.41) is 1.16. The number of nitrogens with one attached hydrogen (secondary N) is 2. The van der Waals surface area contributed by atoms with Crippen LogP contribution in [0.2, 0.25) is 0 Å². The maximum atomic E-state index is 13.0. The molecule has 0 radical (unpaired) electrons. The Labute approximate surface area is 158 Å². The van der Waals surface area contributed by atoms with Crippen LogP contribution in [0.4, 0.5) is 0 Å². The number of rotatable bonds is 5. The van der Waals surface area contributed by atoms with Gasteiger partial charge in [0.05, 0.1) is 14.2 Å². The number of fused-ring (bicyclic) bond motifs is 3. The molecule has 0 spiro atoms. The van der Waals surface area contributed by atoms with Gasteiger partial charge in [0.15, 0.2) is 0 Å². The summed E-state index contributed by atoms with van der Waals surface area (Å²) in [6.07, 6.45) is 2.21. The summed E-state index contributed by atoms with van der Waals surface area (Å²) in [7, 11) is -0.776. The molecule has 1 atom stereocenters. The molecule has 0 amide bonds. The third-order valence-electron chi connectivity index (χ3n) is 5.08. The van der Waals surface area contributed by atoms with Gasteiger partial charge in [0.25, 0.3) is 0 Å². The zero-order valence-electron chi connectivity index (χ0n) is 15.3. The van der Waals surface area contributed by atoms with E-state index in [1.807, 2.05) is 18.2 Å². The summed E-state index contributed by atoms with van der Waals surface area (Å²) in [6.45, 7) is 0. The lowest BCUT2D eigenvalue weighted by Crippen LogP contribution is -2.38. The van der Waals surface area contributed by atoms with E-state index in [0.29, 0.717) is 17.9 Å². The molecular weight excluding hydrogens is 364 g/mol. The maximum absolute atomic E-state index is 13.0. The van der Waals surface area contributed by atoms with Crippen LogP contribution in [0.1, 0.15) is 17.7 Å². The van der Waals surface area contributed by atoms with Gasteiger partial charge in [-0.3, -0.25) is 0 Å². The van der Waals surface area contributed by atoms with Crippen molar-refractivity contribution in [3.63, 3.8) is 0 Å². The molecule has 6 nitrogen and oxygen atoms in total. The quantitative estimate of drug-likeness (QED) is 0.706. The Balaban J connectivity index is 1.63. The van der Waals surface area contributed by atoms with E-state index in [0.717, 1.165) is 23.7 Å². The molecule has 7 heteroatoms. The smallest absolute Gasteiger partial charge is 0.244 e. The topological polar surface area (TPSA) is 80.4 Å². The molecule has 0 saturated carbocycles. The Bertz CT molecular complexity index is 1090. The molecule has 3 aromatic rings. The lowest BCUT2D eigenvalue weighted by atomic mass is 9.92. The lowest BCUT2D eigenvalue weighted by Gasteiger charge is -2.24. The minimum atomic E-state index is -3.74. The molecule has 0 bridgehead atoms. The van der Waals surface area contributed by atoms with Crippen molar-refractivity contribution in [3.8, 4) is 11.5 Å². The first kappa shape index (κ1) is 17.9. The van der Waals surface area contributed by atoms with Gasteiger partial charge < -0.3 is 14.5 Å². The molecule has 0 fully saturated rings. The highest BCUT2D eigenvalue weighted by atomic mass is 32.2. The number of aromatic nitrogens is 1. The molecule has 142 valence electrons. The minimum absolute atomic E-state index is 0.0917. The number of sulfonamides is 1. The van der Waals surface area contributed by atoms with Crippen LogP contribution in [0.15, 0.2) is 47.4 Å². The summed E-state index contributed by atoms with van der Waals surface area (Å²) in [4.78, 5) is 3.54. The van der Waals surface area contributed by atoms with Gasteiger partial charge in [0.2, 0.25) is 10.0 Å². The van der Waals surface area contributed by atoms with Crippen molar-refractivity contribution in [1.82, 2.24) is 9.71 Å². The summed E-state index contributed by atoms with van der Waals surface area (Å²) >= 11 is 0. The molecule has 2 N–H and O–H groups in total. The highest BCUT2D eigenvalue weighted by Gasteiger charge is 2.28. The van der Waals surface area contributed by atoms with E-state index < -0.39 is 10.0 Å². The lowest BCUT2D eigenvalue weighted by molar-refractivity contribution is 0.391. The number of aryl methyl sites for hydroxylation is 1. The molecule has 1 aromatic heterocycles. The SMILES string of the molecule is COc1ccc(OC)c(S(=O)(=O)NC2CCc3[nH]c4ccccc4c3C2)c1. The number of hydrogen-bond acceptors (Lipinski definition) is 4. The van der Waals surface area contributed by atoms with Gasteiger partial charge in [-0.05, 0) is 43.0 Å². The van der Waals surface area contributed by atoms with E-state index in [4.69, 9.17) is 9.47 Å². The fourth-order valence-corrected chi connectivity index (χ4v) is 5.20. The Morgan fingerprint density at radius 2 is 1.93 bits per heavy atom. The van der Waals surface area contributed by atoms with Crippen LogP contribution in [0.5, 0.6) is 11.5 Å². The predicted molar refractivity (Wildman–Crippen MR) is 104 cm³/mol. The van der Waals surface area contributed by atoms with Crippen LogP contribution in [0.25, 0.3) is 10.9 Å². The van der Waals surface area contributed by atoms with Crippen molar-refractivity contribution in [2.75, 3.05) is 14.2 Å². The van der Waals surface area contributed by atoms with E-state index in [2.05, 4.69) is 15.8 Å². The largest absolute Gasteiger partial charge is 0.497 e. The van der Waals surface area contributed by atoms with Crippen LogP contribution in [0, 0.1) is 0 Å². The van der Waals surface area contributed by atoms with E-state index >= 15 is 0 Å². The summed E-state index contributed by atoms with van der Waals surface area (Å²) in [5.41, 5.74) is 3.49. The third kappa shape index (κ3) is 3.28. The van der Waals surface area contributed by atoms with Gasteiger partial charge >= 0.3 is 0 Å². The zero-order valence-corrected chi connectivity index (χ0v) is 16.1. The van der Waals surface area contributed by atoms with Crippen molar-refractivity contribution in [2.24, 2.45) is 0 Å². The van der Waals surface area contributed by atoms with E-state index in [1.165, 1.54) is 31.5 Å². The van der Waals surface area contributed by atoms with Crippen LogP contribution in [-0.4, -0.2) is 33.7 Å². The Morgan fingerprint density at radius 3 is 2.70 bits per heavy atom. The first-order chi connectivity index (χ1) is 13.0. The van der Waals surface area contributed by atoms with Crippen LogP contribution >= 0.6 is 0 Å². The molecule has 0 aliphatic heterocycles. The number of aromatic amines is 1. The number of ether oxygens (including phenoxy) is 2. The highest BCUT2D eigenvalue weighted by Crippen LogP contribution is 2.32. The molecule has 1 aliphatic rings. The Morgan fingerprint density at radius 1 is 1.11 bits per heavy atom. The zero-order chi connectivity index (χ0) is 19.0. The number of H-pyrrole nitrogens is 1. The number of hydrogen-bond donors (Lipinski definition) is 2. The van der Waals surface area contributed by atoms with Gasteiger partial charge in [-0.15, -0.1) is 0 Å². The summed E-state index contributed by atoms with van der Waals surface area (Å²) in [6, 6.07) is 12.7. The first-order valence-corrected chi connectivity index (χ1v) is 10.3. The van der Waals surface area contributed by atoms with E-state index in [-0.39, 0.29) is 10.9 Å². The van der Waals surface area contributed by atoms with Gasteiger partial charge in [0, 0.05) is 28.7 Å². The standard InChI is InChI=1S/C20H22N2O4S/c1-25-14-8-10-19(26-2)20(12-14)27(23,24)22-13-7-9-18-16(11-13)15-5-3-4-6-17(15)21-18/h3-6,8,10,12-13,21-22H,7,9,11H2,1-2H3. The number of methoxy groups -OCH3 is 2. The van der Waals surface area contributed by atoms with E-state index in [1.54, 1.807) is 12.1 Å². The Hall–Kier alpha value is -2.51. The monoisotopic (exact) mass is 386 g/mol. The summed E-state index contributed by atoms with van der Waals surface area (Å²) in [5.74, 6) is 0.769. The predicted octanol–water partition coefficient (Wildman–Crippen LogP) is 3.02. The molecular formula is C20H22N2O4S. The van der Waals surface area contributed by atoms with Crippen LogP contribution < -0.4 is 14.2 Å². The molecule has 27 heavy (non-hydrogen) atoms. The molecule has 4 rings (SSSR count). The molecule has 2 aromatic carbocycles. The average Bonchev–Trinajstić information content (AvgIpc) is 3.05. The van der Waals surface area contributed by atoms with Crippen LogP contribution in [-0.2, 0) is 22.9 Å². The normalized spacial score (nSPS) is 16.9. The fourth-order valence-electron chi connectivity index (χ4n) is 3.75. The van der Waals surface area contributed by atoms with Crippen molar-refractivity contribution >= 4 is 20.9 Å². The minimum Gasteiger partial charge on any atom is -0.497 e. The molecule has 1 unspecified atom stereocenters. The first-order valence-electron chi connectivity index (χ1n) is 8.84. The maximum Gasteiger partial charge on any atom is 0.244 e. The van der Waals surface area contributed by atoms with Gasteiger partial charge in [-0.25, -0.2) is 13.1 Å². The second kappa shape index (κ2) is 6.90. The van der Waals surface area contributed by atoms with Crippen molar-refractivity contribution in [1.29, 1.82) is 0 Å². The fraction of sp³-hybridized carbons (Fsp3) is 0.300. The molecule has 1 heterocycles. The molecule has 1 aliphatic carbocycles. The van der Waals surface area contributed by atoms with Gasteiger partial charge in [-0.1, -0.05) is 18.2 Å². The van der Waals surface area contributed by atoms with Crippen molar-refractivity contribution < 1.29 is 17.9 Å².